The van der Waals surface area contributed by atoms with E-state index in [1.807, 2.05) is 36.4 Å². The molecule has 0 bridgehead atoms. The van der Waals surface area contributed by atoms with Crippen molar-refractivity contribution in [3.05, 3.63) is 48.6 Å². The largest absolute Gasteiger partial charge is 0.496 e. The molecule has 0 fully saturated rings. The molecule has 0 spiro atoms. The third kappa shape index (κ3) is 5.25. The van der Waals surface area contributed by atoms with Gasteiger partial charge in [-0.15, -0.1) is 0 Å². The molecule has 0 N–H and O–H groups in total. The van der Waals surface area contributed by atoms with Crippen molar-refractivity contribution in [1.82, 2.24) is 0 Å². The van der Waals surface area contributed by atoms with Gasteiger partial charge in [-0.3, -0.25) is 0 Å². The minimum Gasteiger partial charge on any atom is -0.496 e. The zero-order valence-electron chi connectivity index (χ0n) is 15.9. The summed E-state index contributed by atoms with van der Waals surface area (Å²) < 4.78 is 17.0. The Kier molecular flexibility index (Phi) is 7.52. The highest BCUT2D eigenvalue weighted by molar-refractivity contribution is 5.93. The molecule has 4 nitrogen and oxygen atoms in total. The number of unbranched alkanes of at least 4 members (excludes halogenated alkanes) is 2. The van der Waals surface area contributed by atoms with Gasteiger partial charge in [0.05, 0.1) is 7.11 Å². The number of rotatable bonds is 10. The summed E-state index contributed by atoms with van der Waals surface area (Å²) in [7, 11) is 1.66. The van der Waals surface area contributed by atoms with Gasteiger partial charge in [-0.2, -0.15) is 0 Å². The van der Waals surface area contributed by atoms with Crippen molar-refractivity contribution in [2.24, 2.45) is 0 Å². The zero-order valence-corrected chi connectivity index (χ0v) is 15.9. The maximum absolute atomic E-state index is 11.9. The second kappa shape index (κ2) is 9.85. The molecule has 140 valence electrons. The minimum atomic E-state index is -0.366. The average Bonchev–Trinajstić information content (AvgIpc) is 2.65. The number of carbonyl (C=O) groups is 1. The number of hydrogen-bond donors (Lipinski definition) is 0. The second-order valence-corrected chi connectivity index (χ2v) is 6.43. The molecule has 2 rings (SSSR count). The molecule has 0 heterocycles. The lowest BCUT2D eigenvalue weighted by Crippen LogP contribution is -2.25. The number of carbonyl (C=O) groups excluding carboxylic acids is 1. The highest BCUT2D eigenvalue weighted by atomic mass is 16.6. The lowest BCUT2D eigenvalue weighted by molar-refractivity contribution is -0.146. The highest BCUT2D eigenvalue weighted by Crippen LogP contribution is 2.33. The van der Waals surface area contributed by atoms with E-state index in [0.29, 0.717) is 12.2 Å². The van der Waals surface area contributed by atoms with E-state index in [1.165, 1.54) is 0 Å². The number of ether oxygens (including phenoxy) is 3. The molecule has 0 aromatic heterocycles. The van der Waals surface area contributed by atoms with Gasteiger partial charge < -0.3 is 14.2 Å². The lowest BCUT2D eigenvalue weighted by atomic mass is 10.1. The molecule has 0 amide bonds. The first-order valence-electron chi connectivity index (χ1n) is 9.11. The van der Waals surface area contributed by atoms with Crippen LogP contribution in [0.1, 0.15) is 39.5 Å². The fourth-order valence-corrected chi connectivity index (χ4v) is 2.78. The van der Waals surface area contributed by atoms with Crippen LogP contribution in [0.5, 0.6) is 11.5 Å². The van der Waals surface area contributed by atoms with Crippen LogP contribution in [-0.2, 0) is 9.53 Å². The van der Waals surface area contributed by atoms with E-state index in [4.69, 9.17) is 14.2 Å². The van der Waals surface area contributed by atoms with Crippen LogP contribution in [0.3, 0.4) is 0 Å². The first kappa shape index (κ1) is 19.8. The average molecular weight is 356 g/mol. The number of hydrogen-bond acceptors (Lipinski definition) is 4. The second-order valence-electron chi connectivity index (χ2n) is 6.43. The normalized spacial score (nSPS) is 11.8. The Morgan fingerprint density at radius 1 is 1.08 bits per heavy atom. The molecule has 26 heavy (non-hydrogen) atoms. The van der Waals surface area contributed by atoms with E-state index in [9.17, 15) is 4.79 Å². The number of benzene rings is 2. The number of esters is 1. The van der Waals surface area contributed by atoms with Gasteiger partial charge in [0.2, 0.25) is 0 Å². The monoisotopic (exact) mass is 356 g/mol. The minimum absolute atomic E-state index is 0.286. The third-order valence-corrected chi connectivity index (χ3v) is 4.24. The van der Waals surface area contributed by atoms with Gasteiger partial charge in [-0.05, 0) is 31.9 Å². The maximum Gasteiger partial charge on any atom is 0.333 e. The predicted molar refractivity (Wildman–Crippen MR) is 105 cm³/mol. The van der Waals surface area contributed by atoms with Crippen LogP contribution >= 0.6 is 0 Å². The first-order valence-corrected chi connectivity index (χ1v) is 9.11. The fraction of sp³-hybridized carbons (Fsp3) is 0.409. The smallest absolute Gasteiger partial charge is 0.333 e. The van der Waals surface area contributed by atoms with Crippen molar-refractivity contribution in [2.45, 2.75) is 45.6 Å². The Bertz CT molecular complexity index is 751. The van der Waals surface area contributed by atoms with E-state index in [1.54, 1.807) is 14.0 Å². The van der Waals surface area contributed by atoms with Gasteiger partial charge in [0.1, 0.15) is 24.2 Å². The van der Waals surface area contributed by atoms with E-state index < -0.39 is 0 Å². The summed E-state index contributed by atoms with van der Waals surface area (Å²) in [6.07, 6.45) is 3.71. The Hall–Kier alpha value is -2.49. The quantitative estimate of drug-likeness (QED) is 0.329. The van der Waals surface area contributed by atoms with E-state index in [-0.39, 0.29) is 12.1 Å². The van der Waals surface area contributed by atoms with Crippen molar-refractivity contribution in [3.8, 4) is 11.5 Å². The molecule has 0 radical (unpaired) electrons. The molecule has 4 heteroatoms. The molecule has 1 unspecified atom stereocenters. The Labute approximate surface area is 155 Å². The summed E-state index contributed by atoms with van der Waals surface area (Å²) >= 11 is 0. The van der Waals surface area contributed by atoms with Crippen molar-refractivity contribution < 1.29 is 19.0 Å². The molecule has 0 saturated carbocycles. The van der Waals surface area contributed by atoms with Crippen LogP contribution in [-0.4, -0.2) is 25.8 Å². The Morgan fingerprint density at radius 3 is 2.35 bits per heavy atom. The van der Waals surface area contributed by atoms with Gasteiger partial charge in [-0.1, -0.05) is 50.6 Å². The van der Waals surface area contributed by atoms with Gasteiger partial charge in [-0.25, -0.2) is 4.79 Å². The highest BCUT2D eigenvalue weighted by Gasteiger charge is 2.17. The Morgan fingerprint density at radius 2 is 1.73 bits per heavy atom. The van der Waals surface area contributed by atoms with Crippen LogP contribution in [0.4, 0.5) is 0 Å². The van der Waals surface area contributed by atoms with Crippen molar-refractivity contribution in [2.75, 3.05) is 13.7 Å². The Balaban J connectivity index is 2.13. The maximum atomic E-state index is 11.9. The van der Waals surface area contributed by atoms with Gasteiger partial charge in [0, 0.05) is 16.3 Å². The summed E-state index contributed by atoms with van der Waals surface area (Å²) in [5.41, 5.74) is 0.403. The zero-order chi connectivity index (χ0) is 18.9. The first-order chi connectivity index (χ1) is 12.6. The van der Waals surface area contributed by atoms with Crippen molar-refractivity contribution in [1.29, 1.82) is 0 Å². The van der Waals surface area contributed by atoms with Crippen LogP contribution < -0.4 is 9.47 Å². The van der Waals surface area contributed by atoms with Gasteiger partial charge in [0.15, 0.2) is 0 Å². The molecule has 0 saturated heterocycles. The summed E-state index contributed by atoms with van der Waals surface area (Å²) in [5.74, 6) is 1.20. The molecule has 0 aliphatic heterocycles. The molecule has 2 aromatic rings. The molecular formula is C22H28O4. The molecule has 1 atom stereocenters. The SMILES string of the molecule is C=C(C)C(=O)OC(CCCCC)COc1ccc(OC)c2ccccc12. The lowest BCUT2D eigenvalue weighted by Gasteiger charge is -2.19. The van der Waals surface area contributed by atoms with Crippen LogP contribution in [0.2, 0.25) is 0 Å². The van der Waals surface area contributed by atoms with Crippen molar-refractivity contribution >= 4 is 16.7 Å². The third-order valence-electron chi connectivity index (χ3n) is 4.24. The summed E-state index contributed by atoms with van der Waals surface area (Å²) in [4.78, 5) is 11.9. The van der Waals surface area contributed by atoms with Crippen LogP contribution in [0.25, 0.3) is 10.8 Å². The van der Waals surface area contributed by atoms with E-state index in [0.717, 1.165) is 48.0 Å². The molecule has 0 aliphatic carbocycles. The number of methoxy groups -OCH3 is 1. The summed E-state index contributed by atoms with van der Waals surface area (Å²) in [6, 6.07) is 11.7. The van der Waals surface area contributed by atoms with Crippen molar-refractivity contribution in [3.63, 3.8) is 0 Å². The van der Waals surface area contributed by atoms with E-state index >= 15 is 0 Å². The molecule has 0 aliphatic rings. The van der Waals surface area contributed by atoms with Gasteiger partial charge in [0.25, 0.3) is 0 Å². The van der Waals surface area contributed by atoms with Gasteiger partial charge >= 0.3 is 5.97 Å². The van der Waals surface area contributed by atoms with Crippen LogP contribution in [0.15, 0.2) is 48.6 Å². The van der Waals surface area contributed by atoms with E-state index in [2.05, 4.69) is 13.5 Å². The standard InChI is InChI=1S/C22H28O4/c1-5-6-7-10-17(26-22(23)16(2)3)15-25-21-14-13-20(24-4)18-11-8-9-12-19(18)21/h8-9,11-14,17H,2,5-7,10,15H2,1,3-4H3. The van der Waals surface area contributed by atoms with Crippen LogP contribution in [0, 0.1) is 0 Å². The summed E-state index contributed by atoms with van der Waals surface area (Å²) in [5, 5.41) is 1.97. The summed E-state index contributed by atoms with van der Waals surface area (Å²) in [6.45, 7) is 7.78. The molecular weight excluding hydrogens is 328 g/mol. The fourth-order valence-electron chi connectivity index (χ4n) is 2.78. The molecule has 2 aromatic carbocycles. The predicted octanol–water partition coefficient (Wildman–Crippen LogP) is 5.30. The number of fused-ring (bicyclic) bond motifs is 1. The topological polar surface area (TPSA) is 44.8 Å².